The second-order valence-corrected chi connectivity index (χ2v) is 4.33. The first-order chi connectivity index (χ1) is 8.13. The molecule has 4 nitrogen and oxygen atoms in total. The molecule has 1 unspecified atom stereocenters. The van der Waals surface area contributed by atoms with Crippen LogP contribution in [0.15, 0.2) is 0 Å². The largest absolute Gasteiger partial charge is 0.508 e. The van der Waals surface area contributed by atoms with Gasteiger partial charge in [0.25, 0.3) is 0 Å². The number of hydrogen-bond donors (Lipinski definition) is 0. The number of carbonyl (C=O) groups excluding carboxylic acids is 1. The van der Waals surface area contributed by atoms with E-state index in [0.29, 0.717) is 6.61 Å². The topological polar surface area (TPSA) is 38.8 Å². The van der Waals surface area contributed by atoms with Crippen LogP contribution in [-0.4, -0.2) is 43.4 Å². The van der Waals surface area contributed by atoms with Crippen molar-refractivity contribution in [1.82, 2.24) is 4.90 Å². The number of ether oxygens (including phenoxy) is 2. The molecular formula is C13H27NO3. The zero-order valence-electron chi connectivity index (χ0n) is 11.7. The van der Waals surface area contributed by atoms with Gasteiger partial charge in [-0.2, -0.15) is 0 Å². The van der Waals surface area contributed by atoms with E-state index in [-0.39, 0.29) is 6.10 Å². The molecule has 0 saturated carbocycles. The van der Waals surface area contributed by atoms with Crippen LogP contribution in [0.25, 0.3) is 0 Å². The van der Waals surface area contributed by atoms with Crippen molar-refractivity contribution in [2.75, 3.05) is 26.2 Å². The average molecular weight is 245 g/mol. The molecule has 0 radical (unpaired) electrons. The van der Waals surface area contributed by atoms with Gasteiger partial charge >= 0.3 is 6.16 Å². The predicted molar refractivity (Wildman–Crippen MR) is 69.2 cm³/mol. The van der Waals surface area contributed by atoms with Crippen molar-refractivity contribution in [1.29, 1.82) is 0 Å². The van der Waals surface area contributed by atoms with Crippen molar-refractivity contribution in [3.05, 3.63) is 0 Å². The predicted octanol–water partition coefficient (Wildman–Crippen LogP) is 3.06. The normalized spacial score (nSPS) is 18.4. The molecule has 0 aromatic rings. The van der Waals surface area contributed by atoms with E-state index < -0.39 is 6.16 Å². The van der Waals surface area contributed by atoms with Gasteiger partial charge in [-0.1, -0.05) is 20.8 Å². The maximum absolute atomic E-state index is 10.0. The van der Waals surface area contributed by atoms with Crippen molar-refractivity contribution < 1.29 is 14.3 Å². The van der Waals surface area contributed by atoms with Gasteiger partial charge in [0.15, 0.2) is 0 Å². The lowest BCUT2D eigenvalue weighted by molar-refractivity contribution is 0.121. The van der Waals surface area contributed by atoms with Crippen molar-refractivity contribution in [2.45, 2.75) is 53.1 Å². The molecule has 0 spiro atoms. The minimum atomic E-state index is -0.549. The molecule has 0 aromatic carbocycles. The Hall–Kier alpha value is -0.770. The lowest BCUT2D eigenvalue weighted by Crippen LogP contribution is -2.25. The SMILES string of the molecule is CC1COC(=O)O1.CCCN(CCC)CCC. The fourth-order valence-electron chi connectivity index (χ4n) is 1.70. The van der Waals surface area contributed by atoms with Crippen LogP contribution in [-0.2, 0) is 9.47 Å². The number of hydrogen-bond acceptors (Lipinski definition) is 4. The minimum absolute atomic E-state index is 0.0486. The van der Waals surface area contributed by atoms with Gasteiger partial charge in [0.1, 0.15) is 12.7 Å². The molecule has 4 heteroatoms. The lowest BCUT2D eigenvalue weighted by Gasteiger charge is -2.19. The molecule has 1 fully saturated rings. The van der Waals surface area contributed by atoms with E-state index in [2.05, 4.69) is 35.1 Å². The summed E-state index contributed by atoms with van der Waals surface area (Å²) in [6.45, 7) is 12.8. The Morgan fingerprint density at radius 1 is 1.12 bits per heavy atom. The molecule has 0 N–H and O–H groups in total. The zero-order chi connectivity index (χ0) is 13.1. The van der Waals surface area contributed by atoms with Crippen LogP contribution in [0.1, 0.15) is 47.0 Å². The van der Waals surface area contributed by atoms with Gasteiger partial charge in [0, 0.05) is 0 Å². The van der Waals surface area contributed by atoms with Crippen LogP contribution in [0.4, 0.5) is 4.79 Å². The molecule has 1 saturated heterocycles. The summed E-state index contributed by atoms with van der Waals surface area (Å²) in [5.41, 5.74) is 0. The summed E-state index contributed by atoms with van der Waals surface area (Å²) in [5.74, 6) is 0. The van der Waals surface area contributed by atoms with Crippen LogP contribution in [0.3, 0.4) is 0 Å². The standard InChI is InChI=1S/C9H21N.C4H6O3/c1-4-7-10(8-5-2)9-6-3;1-3-2-6-4(5)7-3/h4-9H2,1-3H3;3H,2H2,1H3. The number of rotatable bonds is 6. The second kappa shape index (κ2) is 10.4. The van der Waals surface area contributed by atoms with Crippen LogP contribution in [0.5, 0.6) is 0 Å². The van der Waals surface area contributed by atoms with Gasteiger partial charge in [0.05, 0.1) is 0 Å². The van der Waals surface area contributed by atoms with Gasteiger partial charge in [-0.15, -0.1) is 0 Å². The van der Waals surface area contributed by atoms with Gasteiger partial charge in [-0.3, -0.25) is 0 Å². The summed E-state index contributed by atoms with van der Waals surface area (Å²) in [5, 5.41) is 0. The first-order valence-corrected chi connectivity index (χ1v) is 6.69. The van der Waals surface area contributed by atoms with Crippen LogP contribution in [0.2, 0.25) is 0 Å². The molecule has 1 aliphatic heterocycles. The molecule has 0 bridgehead atoms. The summed E-state index contributed by atoms with van der Waals surface area (Å²) < 4.78 is 8.90. The average Bonchev–Trinajstić information content (AvgIpc) is 2.65. The third-order valence-electron chi connectivity index (χ3n) is 2.35. The fourth-order valence-corrected chi connectivity index (χ4v) is 1.70. The molecule has 1 heterocycles. The molecule has 17 heavy (non-hydrogen) atoms. The monoisotopic (exact) mass is 245 g/mol. The van der Waals surface area contributed by atoms with E-state index in [0.717, 1.165) is 0 Å². The molecule has 1 atom stereocenters. The Morgan fingerprint density at radius 3 is 1.76 bits per heavy atom. The maximum Gasteiger partial charge on any atom is 0.508 e. The van der Waals surface area contributed by atoms with E-state index in [9.17, 15) is 4.79 Å². The lowest BCUT2D eigenvalue weighted by atomic mass is 10.3. The molecule has 1 aliphatic rings. The second-order valence-electron chi connectivity index (χ2n) is 4.33. The first-order valence-electron chi connectivity index (χ1n) is 6.69. The third kappa shape index (κ3) is 8.98. The van der Waals surface area contributed by atoms with Crippen molar-refractivity contribution >= 4 is 6.16 Å². The highest BCUT2D eigenvalue weighted by Crippen LogP contribution is 2.02. The Kier molecular flexibility index (Phi) is 9.92. The zero-order valence-corrected chi connectivity index (χ0v) is 11.7. The molecule has 0 amide bonds. The number of carbonyl (C=O) groups is 1. The molecule has 102 valence electrons. The molecule has 1 rings (SSSR count). The summed E-state index contributed by atoms with van der Waals surface area (Å²) in [6.07, 6.45) is 3.28. The summed E-state index contributed by atoms with van der Waals surface area (Å²) in [4.78, 5) is 12.6. The molecule has 0 aromatic heterocycles. The Bertz CT molecular complexity index is 183. The van der Waals surface area contributed by atoms with E-state index in [1.807, 2.05) is 0 Å². The smallest absolute Gasteiger partial charge is 0.430 e. The summed E-state index contributed by atoms with van der Waals surface area (Å²) in [7, 11) is 0. The highest BCUT2D eigenvalue weighted by molar-refractivity contribution is 5.61. The van der Waals surface area contributed by atoms with E-state index >= 15 is 0 Å². The highest BCUT2D eigenvalue weighted by atomic mass is 16.8. The van der Waals surface area contributed by atoms with Gasteiger partial charge in [-0.05, 0) is 45.8 Å². The third-order valence-corrected chi connectivity index (χ3v) is 2.35. The van der Waals surface area contributed by atoms with Crippen LogP contribution in [0, 0.1) is 0 Å². The molecular weight excluding hydrogens is 218 g/mol. The van der Waals surface area contributed by atoms with Crippen molar-refractivity contribution in [2.24, 2.45) is 0 Å². The van der Waals surface area contributed by atoms with Crippen LogP contribution < -0.4 is 0 Å². The van der Waals surface area contributed by atoms with Gasteiger partial charge in [0.2, 0.25) is 0 Å². The first kappa shape index (κ1) is 16.2. The minimum Gasteiger partial charge on any atom is -0.430 e. The number of nitrogens with zero attached hydrogens (tertiary/aromatic N) is 1. The van der Waals surface area contributed by atoms with E-state index in [1.165, 1.54) is 38.9 Å². The molecule has 0 aliphatic carbocycles. The van der Waals surface area contributed by atoms with Gasteiger partial charge < -0.3 is 14.4 Å². The highest BCUT2D eigenvalue weighted by Gasteiger charge is 2.19. The van der Waals surface area contributed by atoms with Crippen molar-refractivity contribution in [3.8, 4) is 0 Å². The Morgan fingerprint density at radius 2 is 1.59 bits per heavy atom. The van der Waals surface area contributed by atoms with Crippen LogP contribution >= 0.6 is 0 Å². The number of cyclic esters (lactones) is 2. The Labute approximate surface area is 105 Å². The van der Waals surface area contributed by atoms with Gasteiger partial charge in [-0.25, -0.2) is 4.79 Å². The quantitative estimate of drug-likeness (QED) is 0.674. The fraction of sp³-hybridized carbons (Fsp3) is 0.923. The summed E-state index contributed by atoms with van der Waals surface area (Å²) >= 11 is 0. The maximum atomic E-state index is 10.0. The summed E-state index contributed by atoms with van der Waals surface area (Å²) in [6, 6.07) is 0. The van der Waals surface area contributed by atoms with E-state index in [1.54, 1.807) is 6.92 Å². The van der Waals surface area contributed by atoms with E-state index in [4.69, 9.17) is 0 Å². The van der Waals surface area contributed by atoms with Crippen molar-refractivity contribution in [3.63, 3.8) is 0 Å². The Balaban J connectivity index is 0.000000318.